The fourth-order valence-corrected chi connectivity index (χ4v) is 2.98. The van der Waals surface area contributed by atoms with Crippen molar-refractivity contribution in [2.24, 2.45) is 0 Å². The van der Waals surface area contributed by atoms with Gasteiger partial charge in [0.25, 0.3) is 0 Å². The van der Waals surface area contributed by atoms with Crippen molar-refractivity contribution in [1.82, 2.24) is 5.32 Å². The van der Waals surface area contributed by atoms with Crippen molar-refractivity contribution in [3.63, 3.8) is 0 Å². The van der Waals surface area contributed by atoms with Crippen LogP contribution in [0, 0.1) is 0 Å². The van der Waals surface area contributed by atoms with Crippen molar-refractivity contribution >= 4 is 17.5 Å². The van der Waals surface area contributed by atoms with Gasteiger partial charge in [0.05, 0.1) is 0 Å². The van der Waals surface area contributed by atoms with Gasteiger partial charge in [0.15, 0.2) is 11.5 Å². The average Bonchev–Trinajstić information content (AvgIpc) is 3.11. The Hall–Kier alpha value is -3.02. The summed E-state index contributed by atoms with van der Waals surface area (Å²) >= 11 is 0. The second-order valence-electron chi connectivity index (χ2n) is 7.87. The minimum Gasteiger partial charge on any atom is -0.454 e. The van der Waals surface area contributed by atoms with E-state index in [4.69, 9.17) is 9.47 Å². The summed E-state index contributed by atoms with van der Waals surface area (Å²) in [7, 11) is 0. The van der Waals surface area contributed by atoms with Crippen LogP contribution >= 0.6 is 0 Å². The Kier molecular flexibility index (Phi) is 5.58. The fourth-order valence-electron chi connectivity index (χ4n) is 2.98. The molecule has 0 saturated carbocycles. The van der Waals surface area contributed by atoms with Gasteiger partial charge >= 0.3 is 0 Å². The Balaban J connectivity index is 1.62. The third-order valence-corrected chi connectivity index (χ3v) is 4.65. The fraction of sp³-hybridized carbons (Fsp3) is 0.364. The summed E-state index contributed by atoms with van der Waals surface area (Å²) in [6.45, 7) is 8.39. The van der Waals surface area contributed by atoms with Crippen LogP contribution in [0.4, 0.5) is 5.69 Å². The maximum atomic E-state index is 12.4. The number of carbonyl (C=O) groups is 2. The summed E-state index contributed by atoms with van der Waals surface area (Å²) in [6.07, 6.45) is 0. The highest BCUT2D eigenvalue weighted by atomic mass is 16.7. The van der Waals surface area contributed by atoms with E-state index in [2.05, 4.69) is 26.1 Å². The smallest absolute Gasteiger partial charge is 0.240 e. The van der Waals surface area contributed by atoms with Gasteiger partial charge in [0.2, 0.25) is 18.6 Å². The number of ether oxygens (including phenoxy) is 2. The molecule has 1 aliphatic rings. The molecule has 0 fully saturated rings. The Bertz CT molecular complexity index is 869. The molecule has 1 N–H and O–H groups in total. The third-order valence-electron chi connectivity index (χ3n) is 4.65. The lowest BCUT2D eigenvalue weighted by atomic mass is 9.87. The lowest BCUT2D eigenvalue weighted by Crippen LogP contribution is -2.39. The van der Waals surface area contributed by atoms with Gasteiger partial charge < -0.3 is 19.7 Å². The van der Waals surface area contributed by atoms with Crippen molar-refractivity contribution < 1.29 is 19.1 Å². The van der Waals surface area contributed by atoms with Crippen LogP contribution in [-0.2, 0) is 21.5 Å². The highest BCUT2D eigenvalue weighted by Crippen LogP contribution is 2.32. The molecule has 2 amide bonds. The van der Waals surface area contributed by atoms with Crippen LogP contribution in [0.5, 0.6) is 11.5 Å². The van der Waals surface area contributed by atoms with Crippen LogP contribution in [0.2, 0.25) is 0 Å². The van der Waals surface area contributed by atoms with E-state index in [9.17, 15) is 9.59 Å². The molecule has 1 heterocycles. The summed E-state index contributed by atoms with van der Waals surface area (Å²) in [6, 6.07) is 13.3. The molecule has 28 heavy (non-hydrogen) atoms. The lowest BCUT2D eigenvalue weighted by Gasteiger charge is -2.23. The summed E-state index contributed by atoms with van der Waals surface area (Å²) in [5, 5.41) is 2.85. The molecule has 6 nitrogen and oxygen atoms in total. The summed E-state index contributed by atoms with van der Waals surface area (Å²) in [5.74, 6) is 0.974. The van der Waals surface area contributed by atoms with Crippen LogP contribution in [0.25, 0.3) is 0 Å². The lowest BCUT2D eigenvalue weighted by molar-refractivity contribution is -0.123. The largest absolute Gasteiger partial charge is 0.454 e. The first kappa shape index (κ1) is 19.7. The first-order chi connectivity index (χ1) is 13.2. The zero-order valence-corrected chi connectivity index (χ0v) is 16.7. The molecule has 0 radical (unpaired) electrons. The number of nitrogens with one attached hydrogen (secondary N) is 1. The van der Waals surface area contributed by atoms with Crippen molar-refractivity contribution in [3.8, 4) is 11.5 Å². The maximum Gasteiger partial charge on any atom is 0.240 e. The molecule has 0 atom stereocenters. The van der Waals surface area contributed by atoms with Crippen LogP contribution in [0.3, 0.4) is 0 Å². The van der Waals surface area contributed by atoms with Gasteiger partial charge in [-0.1, -0.05) is 39.0 Å². The molecule has 0 spiro atoms. The van der Waals surface area contributed by atoms with Crippen LogP contribution in [0.15, 0.2) is 42.5 Å². The highest BCUT2D eigenvalue weighted by molar-refractivity contribution is 5.97. The molecule has 0 saturated heterocycles. The van der Waals surface area contributed by atoms with Gasteiger partial charge in [0, 0.05) is 19.2 Å². The molecule has 148 valence electrons. The number of hydrogen-bond acceptors (Lipinski definition) is 4. The SMILES string of the molecule is CC(=O)N(CC(=O)NCc1ccc2c(c1)OCO2)c1ccc(C(C)(C)C)cc1. The standard InChI is InChI=1S/C22H26N2O4/c1-15(25)24(18-8-6-17(7-9-18)22(2,3)4)13-21(26)23-12-16-5-10-19-20(11-16)28-14-27-19/h5-11H,12-14H2,1-4H3,(H,23,26). The van der Waals surface area contributed by atoms with Crippen molar-refractivity contribution in [2.75, 3.05) is 18.2 Å². The van der Waals surface area contributed by atoms with Gasteiger partial charge in [0.1, 0.15) is 6.54 Å². The molecule has 2 aromatic rings. The van der Waals surface area contributed by atoms with Gasteiger partial charge in [-0.15, -0.1) is 0 Å². The monoisotopic (exact) mass is 382 g/mol. The normalized spacial score (nSPS) is 12.6. The van der Waals surface area contributed by atoms with E-state index in [0.717, 1.165) is 5.56 Å². The summed E-state index contributed by atoms with van der Waals surface area (Å²) < 4.78 is 10.6. The van der Waals surface area contributed by atoms with Crippen molar-refractivity contribution in [3.05, 3.63) is 53.6 Å². The van der Waals surface area contributed by atoms with Gasteiger partial charge in [-0.05, 0) is 40.8 Å². The maximum absolute atomic E-state index is 12.4. The molecule has 0 bridgehead atoms. The van der Waals surface area contributed by atoms with E-state index >= 15 is 0 Å². The third kappa shape index (κ3) is 4.63. The Morgan fingerprint density at radius 2 is 1.71 bits per heavy atom. The second-order valence-corrected chi connectivity index (χ2v) is 7.87. The molecule has 0 aromatic heterocycles. The van der Waals surface area contributed by atoms with E-state index in [-0.39, 0.29) is 30.6 Å². The quantitative estimate of drug-likeness (QED) is 0.861. The predicted octanol–water partition coefficient (Wildman–Crippen LogP) is 3.38. The minimum absolute atomic E-state index is 0.0293. The topological polar surface area (TPSA) is 67.9 Å². The van der Waals surface area contributed by atoms with Gasteiger partial charge in [-0.25, -0.2) is 0 Å². The van der Waals surface area contributed by atoms with Crippen molar-refractivity contribution in [1.29, 1.82) is 0 Å². The summed E-state index contributed by atoms with van der Waals surface area (Å²) in [5.41, 5.74) is 2.81. The molecule has 0 aliphatic carbocycles. The van der Waals surface area contributed by atoms with Crippen LogP contribution in [0.1, 0.15) is 38.8 Å². The van der Waals surface area contributed by atoms with E-state index in [1.165, 1.54) is 17.4 Å². The molecular weight excluding hydrogens is 356 g/mol. The number of fused-ring (bicyclic) bond motifs is 1. The first-order valence-corrected chi connectivity index (χ1v) is 9.28. The Morgan fingerprint density at radius 3 is 2.36 bits per heavy atom. The Labute approximate surface area is 165 Å². The van der Waals surface area contributed by atoms with Crippen LogP contribution < -0.4 is 19.7 Å². The van der Waals surface area contributed by atoms with Gasteiger partial charge in [-0.3, -0.25) is 9.59 Å². The first-order valence-electron chi connectivity index (χ1n) is 9.28. The zero-order chi connectivity index (χ0) is 20.3. The van der Waals surface area contributed by atoms with E-state index in [0.29, 0.717) is 23.7 Å². The number of nitrogens with zero attached hydrogens (tertiary/aromatic N) is 1. The molecular formula is C22H26N2O4. The minimum atomic E-state index is -0.229. The number of hydrogen-bond donors (Lipinski definition) is 1. The van der Waals surface area contributed by atoms with Gasteiger partial charge in [-0.2, -0.15) is 0 Å². The van der Waals surface area contributed by atoms with Crippen LogP contribution in [-0.4, -0.2) is 25.2 Å². The van der Waals surface area contributed by atoms with Crippen molar-refractivity contribution in [2.45, 2.75) is 39.7 Å². The average molecular weight is 382 g/mol. The number of rotatable bonds is 5. The predicted molar refractivity (Wildman–Crippen MR) is 108 cm³/mol. The number of benzene rings is 2. The molecule has 0 unspecified atom stereocenters. The zero-order valence-electron chi connectivity index (χ0n) is 16.7. The molecule has 1 aliphatic heterocycles. The number of carbonyl (C=O) groups excluding carboxylic acids is 2. The highest BCUT2D eigenvalue weighted by Gasteiger charge is 2.18. The summed E-state index contributed by atoms with van der Waals surface area (Å²) in [4.78, 5) is 26.0. The molecule has 3 rings (SSSR count). The van der Waals surface area contributed by atoms with E-state index in [1.54, 1.807) is 0 Å². The molecule has 2 aromatic carbocycles. The number of amides is 2. The van der Waals surface area contributed by atoms with E-state index in [1.807, 2.05) is 42.5 Å². The van der Waals surface area contributed by atoms with E-state index < -0.39 is 0 Å². The Morgan fingerprint density at radius 1 is 1.04 bits per heavy atom. The number of anilines is 1. The second kappa shape index (κ2) is 7.92. The molecule has 6 heteroatoms.